The van der Waals surface area contributed by atoms with Gasteiger partial charge in [-0.15, -0.1) is 0 Å². The van der Waals surface area contributed by atoms with Gasteiger partial charge in [0, 0.05) is 19.7 Å². The van der Waals surface area contributed by atoms with Gasteiger partial charge in [0.25, 0.3) is 0 Å². The van der Waals surface area contributed by atoms with Crippen molar-refractivity contribution in [1.82, 2.24) is 9.97 Å². The van der Waals surface area contributed by atoms with Gasteiger partial charge >= 0.3 is 5.97 Å². The van der Waals surface area contributed by atoms with Gasteiger partial charge in [0.1, 0.15) is 12.0 Å². The minimum atomic E-state index is -0.866. The molecule has 0 aromatic carbocycles. The number of aliphatic carboxylic acids is 1. The van der Waals surface area contributed by atoms with Crippen LogP contribution < -0.4 is 4.90 Å². The lowest BCUT2D eigenvalue weighted by atomic mass is 10.0. The zero-order chi connectivity index (χ0) is 13.1. The zero-order valence-corrected chi connectivity index (χ0v) is 9.97. The summed E-state index contributed by atoms with van der Waals surface area (Å²) in [6.07, 6.45) is 1.26. The molecule has 7 heteroatoms. The summed E-state index contributed by atoms with van der Waals surface area (Å²) in [6.45, 7) is 2.93. The summed E-state index contributed by atoms with van der Waals surface area (Å²) in [7, 11) is 0. The highest BCUT2D eigenvalue weighted by atomic mass is 19.1. The van der Waals surface area contributed by atoms with E-state index in [0.29, 0.717) is 6.61 Å². The van der Waals surface area contributed by atoms with Crippen molar-refractivity contribution in [2.45, 2.75) is 13.5 Å². The Morgan fingerprint density at radius 1 is 1.61 bits per heavy atom. The second-order valence-electron chi connectivity index (χ2n) is 4.04. The number of carboxylic acids is 1. The van der Waals surface area contributed by atoms with Gasteiger partial charge in [-0.3, -0.25) is 4.79 Å². The fourth-order valence-electron chi connectivity index (χ4n) is 1.72. The summed E-state index contributed by atoms with van der Waals surface area (Å²) in [4.78, 5) is 19.9. The van der Waals surface area contributed by atoms with Crippen LogP contribution in [0.25, 0.3) is 0 Å². The molecule has 0 aliphatic carbocycles. The fraction of sp³-hybridized carbons (Fsp3) is 0.545. The van der Waals surface area contributed by atoms with Crippen molar-refractivity contribution < 1.29 is 19.0 Å². The largest absolute Gasteiger partial charge is 0.481 e. The van der Waals surface area contributed by atoms with E-state index in [4.69, 9.17) is 9.84 Å². The summed E-state index contributed by atoms with van der Waals surface area (Å²) < 4.78 is 19.1. The molecule has 2 rings (SSSR count). The van der Waals surface area contributed by atoms with Crippen LogP contribution in [-0.4, -0.2) is 40.7 Å². The highest BCUT2D eigenvalue weighted by Crippen LogP contribution is 2.26. The second-order valence-corrected chi connectivity index (χ2v) is 4.04. The molecule has 6 nitrogen and oxygen atoms in total. The predicted octanol–water partition coefficient (Wildman–Crippen LogP) is 0.673. The third kappa shape index (κ3) is 2.40. The normalized spacial score (nSPS) is 15.6. The van der Waals surface area contributed by atoms with E-state index in [1.54, 1.807) is 4.90 Å². The molecule has 1 aromatic rings. The Labute approximate surface area is 103 Å². The van der Waals surface area contributed by atoms with Gasteiger partial charge < -0.3 is 14.7 Å². The molecular weight excluding hydrogens is 241 g/mol. The van der Waals surface area contributed by atoms with Crippen LogP contribution in [-0.2, 0) is 16.1 Å². The van der Waals surface area contributed by atoms with Crippen molar-refractivity contribution in [1.29, 1.82) is 0 Å². The van der Waals surface area contributed by atoms with E-state index in [1.165, 1.54) is 6.33 Å². The van der Waals surface area contributed by atoms with Crippen LogP contribution in [0.2, 0.25) is 0 Å². The molecule has 1 aliphatic rings. The lowest BCUT2D eigenvalue weighted by Crippen LogP contribution is -2.51. The van der Waals surface area contributed by atoms with Crippen molar-refractivity contribution in [3.05, 3.63) is 17.8 Å². The summed E-state index contributed by atoms with van der Waals surface area (Å²) >= 11 is 0. The third-order valence-corrected chi connectivity index (χ3v) is 2.82. The number of hydrogen-bond acceptors (Lipinski definition) is 5. The fourth-order valence-corrected chi connectivity index (χ4v) is 1.72. The van der Waals surface area contributed by atoms with Crippen LogP contribution in [0.1, 0.15) is 12.6 Å². The van der Waals surface area contributed by atoms with Crippen molar-refractivity contribution >= 4 is 11.8 Å². The Morgan fingerprint density at radius 3 is 2.94 bits per heavy atom. The standard InChI is InChI=1S/C11H14FN3O3/c1-2-18-5-8-9(12)10(14-6-13-8)15-3-7(4-15)11(16)17/h6-7H,2-5H2,1H3,(H,16,17). The lowest BCUT2D eigenvalue weighted by molar-refractivity contribution is -0.142. The smallest absolute Gasteiger partial charge is 0.310 e. The molecule has 0 amide bonds. The van der Waals surface area contributed by atoms with Crippen LogP contribution in [0.5, 0.6) is 0 Å². The van der Waals surface area contributed by atoms with E-state index in [2.05, 4.69) is 9.97 Å². The van der Waals surface area contributed by atoms with E-state index in [0.717, 1.165) is 0 Å². The molecule has 0 atom stereocenters. The number of carboxylic acid groups (broad SMARTS) is 1. The Kier molecular flexibility index (Phi) is 3.71. The molecule has 1 aromatic heterocycles. The first-order chi connectivity index (χ1) is 8.63. The van der Waals surface area contributed by atoms with Gasteiger partial charge in [0.15, 0.2) is 11.6 Å². The first kappa shape index (κ1) is 12.7. The van der Waals surface area contributed by atoms with Crippen LogP contribution in [0.4, 0.5) is 10.2 Å². The average Bonchev–Trinajstić information content (AvgIpc) is 2.27. The Morgan fingerprint density at radius 2 is 2.33 bits per heavy atom. The van der Waals surface area contributed by atoms with E-state index in [1.807, 2.05) is 6.92 Å². The highest BCUT2D eigenvalue weighted by molar-refractivity contribution is 5.74. The number of rotatable bonds is 5. The minimum Gasteiger partial charge on any atom is -0.481 e. The average molecular weight is 255 g/mol. The molecule has 0 saturated carbocycles. The van der Waals surface area contributed by atoms with E-state index in [9.17, 15) is 9.18 Å². The molecule has 1 N–H and O–H groups in total. The van der Waals surface area contributed by atoms with Gasteiger partial charge in [-0.05, 0) is 6.92 Å². The third-order valence-electron chi connectivity index (χ3n) is 2.82. The van der Waals surface area contributed by atoms with Crippen LogP contribution in [0.3, 0.4) is 0 Å². The number of nitrogens with zero attached hydrogens (tertiary/aromatic N) is 3. The van der Waals surface area contributed by atoms with Crippen molar-refractivity contribution in [3.8, 4) is 0 Å². The molecule has 1 aliphatic heterocycles. The van der Waals surface area contributed by atoms with Crippen molar-refractivity contribution in [2.24, 2.45) is 5.92 Å². The molecule has 18 heavy (non-hydrogen) atoms. The molecule has 0 bridgehead atoms. The Hall–Kier alpha value is -1.76. The second kappa shape index (κ2) is 5.26. The Balaban J connectivity index is 2.08. The topological polar surface area (TPSA) is 75.6 Å². The lowest BCUT2D eigenvalue weighted by Gasteiger charge is -2.37. The van der Waals surface area contributed by atoms with Crippen molar-refractivity contribution in [2.75, 3.05) is 24.6 Å². The Bertz CT molecular complexity index is 449. The number of aromatic nitrogens is 2. The number of anilines is 1. The van der Waals surface area contributed by atoms with Crippen LogP contribution in [0, 0.1) is 11.7 Å². The maximum absolute atomic E-state index is 14.0. The molecule has 0 unspecified atom stereocenters. The van der Waals surface area contributed by atoms with Gasteiger partial charge in [-0.1, -0.05) is 0 Å². The van der Waals surface area contributed by atoms with Gasteiger partial charge in [-0.2, -0.15) is 0 Å². The molecule has 1 fully saturated rings. The summed E-state index contributed by atoms with van der Waals surface area (Å²) in [5, 5.41) is 8.76. The summed E-state index contributed by atoms with van der Waals surface area (Å²) in [6, 6.07) is 0. The maximum Gasteiger partial charge on any atom is 0.310 e. The zero-order valence-electron chi connectivity index (χ0n) is 9.97. The van der Waals surface area contributed by atoms with E-state index in [-0.39, 0.29) is 31.2 Å². The van der Waals surface area contributed by atoms with Crippen LogP contribution in [0.15, 0.2) is 6.33 Å². The minimum absolute atomic E-state index is 0.0913. The molecule has 98 valence electrons. The SMILES string of the molecule is CCOCc1ncnc(N2CC(C(=O)O)C2)c1F. The van der Waals surface area contributed by atoms with Gasteiger partial charge in [0.05, 0.1) is 12.5 Å². The number of ether oxygens (including phenoxy) is 1. The molecular formula is C11H14FN3O3. The molecule has 0 radical (unpaired) electrons. The van der Waals surface area contributed by atoms with Gasteiger partial charge in [-0.25, -0.2) is 14.4 Å². The van der Waals surface area contributed by atoms with E-state index < -0.39 is 17.7 Å². The van der Waals surface area contributed by atoms with Crippen molar-refractivity contribution in [3.63, 3.8) is 0 Å². The first-order valence-electron chi connectivity index (χ1n) is 5.68. The first-order valence-corrected chi connectivity index (χ1v) is 5.68. The van der Waals surface area contributed by atoms with E-state index >= 15 is 0 Å². The molecule has 0 spiro atoms. The maximum atomic E-state index is 14.0. The van der Waals surface area contributed by atoms with Crippen LogP contribution >= 0.6 is 0 Å². The van der Waals surface area contributed by atoms with Gasteiger partial charge in [0.2, 0.25) is 0 Å². The monoisotopic (exact) mass is 255 g/mol. The molecule has 1 saturated heterocycles. The number of carbonyl (C=O) groups is 1. The number of halogens is 1. The summed E-state index contributed by atoms with van der Waals surface area (Å²) in [5.74, 6) is -1.70. The number of hydrogen-bond donors (Lipinski definition) is 1. The predicted molar refractivity (Wildman–Crippen MR) is 60.7 cm³/mol. The quantitative estimate of drug-likeness (QED) is 0.833. The summed E-state index contributed by atoms with van der Waals surface area (Å²) in [5.41, 5.74) is 0.195. The molecule has 2 heterocycles. The highest BCUT2D eigenvalue weighted by Gasteiger charge is 2.35.